The molecule has 4 nitrogen and oxygen atoms in total. The molecule has 2 heterocycles. The average molecular weight is 467 g/mol. The number of benzene rings is 3. The van der Waals surface area contributed by atoms with E-state index in [2.05, 4.69) is 10.6 Å². The number of carbonyl (C=O) groups excluding carboxylic acids is 2. The van der Waals surface area contributed by atoms with E-state index in [1.165, 1.54) is 18.2 Å². The predicted molar refractivity (Wildman–Crippen MR) is 123 cm³/mol. The van der Waals surface area contributed by atoms with E-state index in [0.29, 0.717) is 38.0 Å². The van der Waals surface area contributed by atoms with Gasteiger partial charge >= 0.3 is 0 Å². The molecule has 3 aromatic rings. The molecule has 2 amide bonds. The lowest BCUT2D eigenvalue weighted by atomic mass is 9.63. The minimum atomic E-state index is -1.35. The number of hydrogen-bond acceptors (Lipinski definition) is 2. The highest BCUT2D eigenvalue weighted by Gasteiger charge is 2.58. The molecule has 0 saturated heterocycles. The van der Waals surface area contributed by atoms with E-state index < -0.39 is 17.3 Å². The molecule has 7 heteroatoms. The van der Waals surface area contributed by atoms with Crippen LogP contribution >= 0.6 is 23.2 Å². The van der Waals surface area contributed by atoms with Crippen LogP contribution in [0.25, 0.3) is 5.57 Å². The Morgan fingerprint density at radius 2 is 1.75 bits per heavy atom. The molecule has 0 fully saturated rings. The van der Waals surface area contributed by atoms with Crippen LogP contribution in [0.3, 0.4) is 0 Å². The molecule has 0 aliphatic carbocycles. The third-order valence-corrected chi connectivity index (χ3v) is 6.59. The molecule has 3 aromatic carbocycles. The van der Waals surface area contributed by atoms with Gasteiger partial charge in [0, 0.05) is 21.8 Å². The highest BCUT2D eigenvalue weighted by molar-refractivity contribution is 6.32. The van der Waals surface area contributed by atoms with Crippen molar-refractivity contribution in [1.29, 1.82) is 0 Å². The third kappa shape index (κ3) is 3.04. The molecule has 5 rings (SSSR count). The number of hydrogen-bond donors (Lipinski definition) is 2. The number of carbonyl (C=O) groups is 2. The van der Waals surface area contributed by atoms with Gasteiger partial charge in [0.25, 0.3) is 0 Å². The number of rotatable bonds is 2. The second-order valence-corrected chi connectivity index (χ2v) is 8.84. The van der Waals surface area contributed by atoms with Crippen LogP contribution < -0.4 is 10.6 Å². The maximum Gasteiger partial charge on any atom is 0.244 e. The molecular weight excluding hydrogens is 450 g/mol. The van der Waals surface area contributed by atoms with Gasteiger partial charge in [-0.15, -0.1) is 0 Å². The quantitative estimate of drug-likeness (QED) is 0.517. The van der Waals surface area contributed by atoms with Crippen LogP contribution in [0.1, 0.15) is 28.3 Å². The van der Waals surface area contributed by atoms with Gasteiger partial charge in [-0.2, -0.15) is 0 Å². The standard InChI is InChI=1S/C25H17Cl2FN2O2/c1-13-5-7-17(28)11-18(13)23-25(19-8-6-16(27)10-21(19)29-24(25)32)20(12-22(31)30-23)14-3-2-4-15(26)9-14/h2-12,23H,1H3,(H,29,32)(H,30,31)/t23-,25?/m1/s1. The van der Waals surface area contributed by atoms with Crippen LogP contribution in [0.15, 0.2) is 66.7 Å². The second-order valence-electron chi connectivity index (χ2n) is 7.96. The second kappa shape index (κ2) is 7.47. The van der Waals surface area contributed by atoms with Crippen molar-refractivity contribution in [3.63, 3.8) is 0 Å². The lowest BCUT2D eigenvalue weighted by Crippen LogP contribution is -2.52. The Kier molecular flexibility index (Phi) is 4.84. The van der Waals surface area contributed by atoms with Gasteiger partial charge in [-0.25, -0.2) is 4.39 Å². The van der Waals surface area contributed by atoms with Crippen molar-refractivity contribution in [2.24, 2.45) is 0 Å². The van der Waals surface area contributed by atoms with Crippen molar-refractivity contribution in [2.45, 2.75) is 18.4 Å². The van der Waals surface area contributed by atoms with Crippen molar-refractivity contribution in [3.05, 3.63) is 105 Å². The summed E-state index contributed by atoms with van der Waals surface area (Å²) in [5.74, 6) is -1.17. The fourth-order valence-corrected chi connectivity index (χ4v) is 5.12. The molecule has 2 aliphatic rings. The van der Waals surface area contributed by atoms with Crippen LogP contribution in [0.5, 0.6) is 0 Å². The van der Waals surface area contributed by atoms with E-state index >= 15 is 0 Å². The molecule has 0 radical (unpaired) electrons. The van der Waals surface area contributed by atoms with Crippen LogP contribution in [-0.4, -0.2) is 11.8 Å². The van der Waals surface area contributed by atoms with Gasteiger partial charge < -0.3 is 10.6 Å². The average Bonchev–Trinajstić information content (AvgIpc) is 3.02. The molecule has 0 bridgehead atoms. The van der Waals surface area contributed by atoms with Gasteiger partial charge in [0.1, 0.15) is 11.2 Å². The van der Waals surface area contributed by atoms with E-state index in [1.54, 1.807) is 48.5 Å². The van der Waals surface area contributed by atoms with Crippen LogP contribution in [0, 0.1) is 12.7 Å². The SMILES string of the molecule is Cc1ccc(F)cc1[C@H]1NC(=O)C=C(c2cccc(Cl)c2)C12C(=O)Nc1cc(Cl)ccc12. The summed E-state index contributed by atoms with van der Waals surface area (Å²) in [6, 6.07) is 15.6. The first-order chi connectivity index (χ1) is 15.3. The first kappa shape index (κ1) is 20.7. The van der Waals surface area contributed by atoms with Gasteiger partial charge in [-0.3, -0.25) is 9.59 Å². The summed E-state index contributed by atoms with van der Waals surface area (Å²) in [6.07, 6.45) is 1.42. The Hall–Kier alpha value is -3.15. The summed E-state index contributed by atoms with van der Waals surface area (Å²) in [6.45, 7) is 1.82. The summed E-state index contributed by atoms with van der Waals surface area (Å²) in [5, 5.41) is 6.78. The Morgan fingerprint density at radius 1 is 0.969 bits per heavy atom. The van der Waals surface area contributed by atoms with Crippen molar-refractivity contribution < 1.29 is 14.0 Å². The Labute approximate surface area is 194 Å². The first-order valence-corrected chi connectivity index (χ1v) is 10.7. The van der Waals surface area contributed by atoms with Crippen LogP contribution in [0.4, 0.5) is 10.1 Å². The Balaban J connectivity index is 1.87. The van der Waals surface area contributed by atoms with Crippen molar-refractivity contribution in [2.75, 3.05) is 5.32 Å². The summed E-state index contributed by atoms with van der Waals surface area (Å²) in [5.41, 5.74) is 2.22. The minimum Gasteiger partial charge on any atom is -0.344 e. The molecule has 0 saturated carbocycles. The molecular formula is C25H17Cl2FN2O2. The summed E-state index contributed by atoms with van der Waals surface area (Å²) < 4.78 is 14.3. The largest absolute Gasteiger partial charge is 0.344 e. The first-order valence-electron chi connectivity index (χ1n) is 9.97. The number of anilines is 1. The number of halogens is 3. The zero-order valence-electron chi connectivity index (χ0n) is 16.9. The summed E-state index contributed by atoms with van der Waals surface area (Å²) >= 11 is 12.4. The number of nitrogens with one attached hydrogen (secondary N) is 2. The smallest absolute Gasteiger partial charge is 0.244 e. The predicted octanol–water partition coefficient (Wildman–Crippen LogP) is 5.59. The van der Waals surface area contributed by atoms with Gasteiger partial charge in [0.2, 0.25) is 11.8 Å². The molecule has 2 aliphatic heterocycles. The van der Waals surface area contributed by atoms with Crippen molar-refractivity contribution in [1.82, 2.24) is 5.32 Å². The minimum absolute atomic E-state index is 0.338. The number of aryl methyl sites for hydroxylation is 1. The maximum atomic E-state index is 14.3. The Morgan fingerprint density at radius 3 is 2.53 bits per heavy atom. The summed E-state index contributed by atoms with van der Waals surface area (Å²) in [4.78, 5) is 26.7. The Bertz CT molecular complexity index is 1340. The van der Waals surface area contributed by atoms with Gasteiger partial charge in [0.15, 0.2) is 0 Å². The zero-order chi connectivity index (χ0) is 22.6. The van der Waals surface area contributed by atoms with E-state index in [4.69, 9.17) is 23.2 Å². The van der Waals surface area contributed by atoms with E-state index in [1.807, 2.05) is 6.92 Å². The molecule has 2 atom stereocenters. The van der Waals surface area contributed by atoms with Crippen LogP contribution in [0.2, 0.25) is 10.0 Å². The lowest BCUT2D eigenvalue weighted by molar-refractivity contribution is -0.122. The van der Waals surface area contributed by atoms with Gasteiger partial charge in [0.05, 0.1) is 6.04 Å². The highest BCUT2D eigenvalue weighted by atomic mass is 35.5. The normalized spacial score (nSPS) is 21.8. The van der Waals surface area contributed by atoms with Crippen LogP contribution in [-0.2, 0) is 15.0 Å². The van der Waals surface area contributed by atoms with E-state index in [-0.39, 0.29) is 11.8 Å². The number of amides is 2. The molecule has 1 spiro atoms. The fourth-order valence-electron chi connectivity index (χ4n) is 4.75. The molecule has 1 unspecified atom stereocenters. The highest BCUT2D eigenvalue weighted by Crippen LogP contribution is 2.56. The molecule has 160 valence electrons. The van der Waals surface area contributed by atoms with E-state index in [0.717, 1.165) is 5.56 Å². The van der Waals surface area contributed by atoms with Gasteiger partial charge in [-0.05, 0) is 71.1 Å². The monoisotopic (exact) mass is 466 g/mol. The number of fused-ring (bicyclic) bond motifs is 2. The summed E-state index contributed by atoms with van der Waals surface area (Å²) in [7, 11) is 0. The zero-order valence-corrected chi connectivity index (χ0v) is 18.4. The molecule has 2 N–H and O–H groups in total. The molecule has 0 aromatic heterocycles. The third-order valence-electron chi connectivity index (χ3n) is 6.12. The van der Waals surface area contributed by atoms with Crippen molar-refractivity contribution >= 4 is 46.3 Å². The maximum absolute atomic E-state index is 14.3. The molecule has 32 heavy (non-hydrogen) atoms. The van der Waals surface area contributed by atoms with Crippen molar-refractivity contribution in [3.8, 4) is 0 Å². The topological polar surface area (TPSA) is 58.2 Å². The van der Waals surface area contributed by atoms with Gasteiger partial charge in [-0.1, -0.05) is 47.5 Å². The fraction of sp³-hybridized carbons (Fsp3) is 0.120. The van der Waals surface area contributed by atoms with E-state index in [9.17, 15) is 14.0 Å². The lowest BCUT2D eigenvalue weighted by Gasteiger charge is -2.42.